The molecule has 0 spiro atoms. The van der Waals surface area contributed by atoms with E-state index in [0.717, 1.165) is 4.68 Å². The predicted molar refractivity (Wildman–Crippen MR) is 118 cm³/mol. The Kier molecular flexibility index (Phi) is 5.58. The summed E-state index contributed by atoms with van der Waals surface area (Å²) in [6, 6.07) is 8.44. The molecule has 184 valence electrons. The number of hydrogen-bond acceptors (Lipinski definition) is 7. The van der Waals surface area contributed by atoms with E-state index >= 15 is 0 Å². The van der Waals surface area contributed by atoms with E-state index in [2.05, 4.69) is 15.7 Å². The minimum Gasteiger partial charge on any atom is -0.493 e. The van der Waals surface area contributed by atoms with Crippen molar-refractivity contribution in [3.63, 3.8) is 0 Å². The summed E-state index contributed by atoms with van der Waals surface area (Å²) in [6.45, 7) is 0.0629. The number of rotatable bonds is 5. The highest BCUT2D eigenvalue weighted by atomic mass is 19.4. The van der Waals surface area contributed by atoms with Crippen LogP contribution < -0.4 is 29.6 Å². The van der Waals surface area contributed by atoms with Crippen LogP contribution in [-0.4, -0.2) is 42.9 Å². The number of carbonyl (C=O) groups excluding carboxylic acids is 1. The summed E-state index contributed by atoms with van der Waals surface area (Å²) in [5.41, 5.74) is 0.812. The first-order valence-corrected chi connectivity index (χ1v) is 10.6. The smallest absolute Gasteiger partial charge is 0.410 e. The van der Waals surface area contributed by atoms with Gasteiger partial charge in [0.25, 0.3) is 5.91 Å². The third-order valence-electron chi connectivity index (χ3n) is 5.86. The number of methoxy groups -OCH3 is 2. The molecule has 1 aromatic heterocycles. The Hall–Kier alpha value is -4.09. The predicted octanol–water partition coefficient (Wildman–Crippen LogP) is 4.54. The standard InChI is InChI=1S/C23H21F3N4O5/c1-32-16-6-4-13(8-18(16)33-2)27-22(31)15-10-21-28-14(9-20(23(24,25)26)30(21)29-15)12-3-5-17-19(7-12)35-11-34-17/h3-8,10,14,20,28H,9,11H2,1-2H3,(H,27,31)/t14-,20-/m1/s1. The zero-order valence-electron chi connectivity index (χ0n) is 18.7. The second-order valence-corrected chi connectivity index (χ2v) is 7.99. The van der Waals surface area contributed by atoms with Gasteiger partial charge in [-0.05, 0) is 29.8 Å². The molecular weight excluding hydrogens is 469 g/mol. The Morgan fingerprint density at radius 3 is 2.60 bits per heavy atom. The average molecular weight is 490 g/mol. The van der Waals surface area contributed by atoms with E-state index in [9.17, 15) is 18.0 Å². The molecule has 9 nitrogen and oxygen atoms in total. The second kappa shape index (κ2) is 8.60. The van der Waals surface area contributed by atoms with E-state index in [0.29, 0.717) is 34.2 Å². The number of alkyl halides is 3. The Morgan fingerprint density at radius 1 is 1.09 bits per heavy atom. The monoisotopic (exact) mass is 490 g/mol. The van der Waals surface area contributed by atoms with E-state index in [-0.39, 0.29) is 24.7 Å². The van der Waals surface area contributed by atoms with E-state index in [1.54, 1.807) is 36.4 Å². The van der Waals surface area contributed by atoms with Crippen molar-refractivity contribution in [1.29, 1.82) is 0 Å². The van der Waals surface area contributed by atoms with Gasteiger partial charge in [-0.2, -0.15) is 18.3 Å². The lowest BCUT2D eigenvalue weighted by atomic mass is 9.96. The van der Waals surface area contributed by atoms with E-state index in [1.165, 1.54) is 20.3 Å². The van der Waals surface area contributed by atoms with Gasteiger partial charge in [0, 0.05) is 24.2 Å². The van der Waals surface area contributed by atoms with Crippen LogP contribution in [0, 0.1) is 0 Å². The lowest BCUT2D eigenvalue weighted by Gasteiger charge is -2.33. The van der Waals surface area contributed by atoms with Gasteiger partial charge in [0.05, 0.1) is 20.3 Å². The first-order valence-electron chi connectivity index (χ1n) is 10.6. The summed E-state index contributed by atoms with van der Waals surface area (Å²) in [5.74, 6) is 1.28. The van der Waals surface area contributed by atoms with Crippen molar-refractivity contribution in [2.75, 3.05) is 31.6 Å². The van der Waals surface area contributed by atoms with E-state index in [4.69, 9.17) is 18.9 Å². The van der Waals surface area contributed by atoms with Gasteiger partial charge in [-0.25, -0.2) is 4.68 Å². The van der Waals surface area contributed by atoms with Gasteiger partial charge in [-0.3, -0.25) is 4.79 Å². The second-order valence-electron chi connectivity index (χ2n) is 7.99. The maximum Gasteiger partial charge on any atom is 0.410 e. The molecule has 3 heterocycles. The summed E-state index contributed by atoms with van der Waals surface area (Å²) in [7, 11) is 2.93. The highest BCUT2D eigenvalue weighted by Crippen LogP contribution is 2.45. The maximum absolute atomic E-state index is 14.0. The summed E-state index contributed by atoms with van der Waals surface area (Å²) >= 11 is 0. The normalized spacial score (nSPS) is 18.4. The van der Waals surface area contributed by atoms with Crippen LogP contribution in [0.5, 0.6) is 23.0 Å². The van der Waals surface area contributed by atoms with Crippen LogP contribution in [0.4, 0.5) is 24.7 Å². The molecule has 0 radical (unpaired) electrons. The molecule has 2 aromatic carbocycles. The van der Waals surface area contributed by atoms with Gasteiger partial charge in [-0.15, -0.1) is 0 Å². The van der Waals surface area contributed by atoms with Crippen molar-refractivity contribution in [1.82, 2.24) is 9.78 Å². The molecule has 0 unspecified atom stereocenters. The van der Waals surface area contributed by atoms with Gasteiger partial charge < -0.3 is 29.6 Å². The largest absolute Gasteiger partial charge is 0.493 e. The lowest BCUT2D eigenvalue weighted by Crippen LogP contribution is -2.35. The number of aromatic nitrogens is 2. The molecule has 12 heteroatoms. The molecule has 2 aliphatic heterocycles. The van der Waals surface area contributed by atoms with Gasteiger partial charge >= 0.3 is 6.18 Å². The molecule has 35 heavy (non-hydrogen) atoms. The van der Waals surface area contributed by atoms with Crippen molar-refractivity contribution in [2.45, 2.75) is 24.7 Å². The number of hydrogen-bond donors (Lipinski definition) is 2. The number of halogens is 3. The Balaban J connectivity index is 1.42. The van der Waals surface area contributed by atoms with Crippen LogP contribution in [0.15, 0.2) is 42.5 Å². The summed E-state index contributed by atoms with van der Waals surface area (Å²) in [6.07, 6.45) is -4.89. The topological polar surface area (TPSA) is 95.9 Å². The SMILES string of the molecule is COc1ccc(NC(=O)c2cc3n(n2)[C@@H](C(F)(F)F)C[C@H](c2ccc4c(c2)OCO4)N3)cc1OC. The average Bonchev–Trinajstić information content (AvgIpc) is 3.49. The first kappa shape index (κ1) is 22.7. The summed E-state index contributed by atoms with van der Waals surface area (Å²) in [5, 5.41) is 9.67. The van der Waals surface area contributed by atoms with Crippen molar-refractivity contribution in [3.05, 3.63) is 53.7 Å². The lowest BCUT2D eigenvalue weighted by molar-refractivity contribution is -0.173. The third-order valence-corrected chi connectivity index (χ3v) is 5.86. The van der Waals surface area contributed by atoms with Gasteiger partial charge in [-0.1, -0.05) is 6.07 Å². The van der Waals surface area contributed by atoms with E-state index < -0.39 is 24.2 Å². The molecule has 0 fully saturated rings. The number of amides is 1. The zero-order valence-corrected chi connectivity index (χ0v) is 18.7. The molecule has 0 aliphatic carbocycles. The fourth-order valence-electron chi connectivity index (χ4n) is 4.14. The molecule has 2 atom stereocenters. The van der Waals surface area contributed by atoms with Crippen LogP contribution >= 0.6 is 0 Å². The number of anilines is 2. The Bertz CT molecular complexity index is 1280. The molecule has 2 aliphatic rings. The van der Waals surface area contributed by atoms with Crippen LogP contribution in [0.2, 0.25) is 0 Å². The highest BCUT2D eigenvalue weighted by molar-refractivity contribution is 6.03. The van der Waals surface area contributed by atoms with Crippen LogP contribution in [-0.2, 0) is 0 Å². The quantitative estimate of drug-likeness (QED) is 0.542. The molecular formula is C23H21F3N4O5. The van der Waals surface area contributed by atoms with Crippen LogP contribution in [0.1, 0.15) is 34.6 Å². The van der Waals surface area contributed by atoms with Crippen molar-refractivity contribution in [2.24, 2.45) is 0 Å². The molecule has 0 bridgehead atoms. The maximum atomic E-state index is 14.0. The van der Waals surface area contributed by atoms with Gasteiger partial charge in [0.1, 0.15) is 5.82 Å². The van der Waals surface area contributed by atoms with Crippen molar-refractivity contribution in [3.8, 4) is 23.0 Å². The zero-order chi connectivity index (χ0) is 24.7. The fourth-order valence-corrected chi connectivity index (χ4v) is 4.14. The number of ether oxygens (including phenoxy) is 4. The number of fused-ring (bicyclic) bond motifs is 2. The minimum atomic E-state index is -4.57. The molecule has 0 saturated carbocycles. The van der Waals surface area contributed by atoms with Crippen LogP contribution in [0.25, 0.3) is 0 Å². The molecule has 3 aromatic rings. The Labute approximate surface area is 197 Å². The minimum absolute atomic E-state index is 0.0629. The number of nitrogens with zero attached hydrogens (tertiary/aromatic N) is 2. The number of carbonyl (C=O) groups is 1. The number of benzene rings is 2. The highest BCUT2D eigenvalue weighted by Gasteiger charge is 2.47. The van der Waals surface area contributed by atoms with Crippen molar-refractivity contribution >= 4 is 17.4 Å². The summed E-state index contributed by atoms with van der Waals surface area (Å²) < 4.78 is 63.8. The van der Waals surface area contributed by atoms with Crippen LogP contribution in [0.3, 0.4) is 0 Å². The van der Waals surface area contributed by atoms with Crippen molar-refractivity contribution < 1.29 is 36.9 Å². The summed E-state index contributed by atoms with van der Waals surface area (Å²) in [4.78, 5) is 12.8. The fraction of sp³-hybridized carbons (Fsp3) is 0.304. The molecule has 0 saturated heterocycles. The molecule has 1 amide bonds. The molecule has 2 N–H and O–H groups in total. The molecule has 5 rings (SSSR count). The number of nitrogens with one attached hydrogen (secondary N) is 2. The third kappa shape index (κ3) is 4.27. The first-order chi connectivity index (χ1) is 16.8. The van der Waals surface area contributed by atoms with E-state index in [1.807, 2.05) is 0 Å². The Morgan fingerprint density at radius 2 is 1.86 bits per heavy atom. The van der Waals surface area contributed by atoms with Gasteiger partial charge in [0.15, 0.2) is 34.7 Å². The van der Waals surface area contributed by atoms with Gasteiger partial charge in [0.2, 0.25) is 6.79 Å².